The Kier molecular flexibility index (Phi) is 8.14. The van der Waals surface area contributed by atoms with Gasteiger partial charge in [-0.3, -0.25) is 9.69 Å². The topological polar surface area (TPSA) is 67.6 Å². The second-order valence-electron chi connectivity index (χ2n) is 5.22. The number of benzene rings is 1. The molecule has 1 aromatic rings. The third kappa shape index (κ3) is 5.11. The smallest absolute Gasteiger partial charge is 0.236 e. The van der Waals surface area contributed by atoms with E-state index in [0.717, 1.165) is 18.7 Å². The van der Waals surface area contributed by atoms with Crippen molar-refractivity contribution in [3.8, 4) is 0 Å². The summed E-state index contributed by atoms with van der Waals surface area (Å²) in [4.78, 5) is 14.0. The number of carbonyl (C=O) groups excluding carboxylic acids is 1. The minimum Gasteiger partial charge on any atom is -0.379 e. The number of amides is 1. The van der Waals surface area contributed by atoms with Gasteiger partial charge in [-0.1, -0.05) is 29.8 Å². The summed E-state index contributed by atoms with van der Waals surface area (Å²) in [6.07, 6.45) is 0. The number of nitrogens with one attached hydrogen (secondary N) is 1. The lowest BCUT2D eigenvalue weighted by Gasteiger charge is -2.35. The Labute approximate surface area is 142 Å². The van der Waals surface area contributed by atoms with Crippen LogP contribution in [0.25, 0.3) is 0 Å². The van der Waals surface area contributed by atoms with Crippen molar-refractivity contribution in [1.82, 2.24) is 10.2 Å². The van der Waals surface area contributed by atoms with Gasteiger partial charge in [0, 0.05) is 24.7 Å². The van der Waals surface area contributed by atoms with E-state index >= 15 is 0 Å². The molecule has 0 bridgehead atoms. The highest BCUT2D eigenvalue weighted by molar-refractivity contribution is 6.31. The lowest BCUT2D eigenvalue weighted by molar-refractivity contribution is -0.122. The largest absolute Gasteiger partial charge is 0.379 e. The summed E-state index contributed by atoms with van der Waals surface area (Å²) < 4.78 is 5.40. The van der Waals surface area contributed by atoms with Crippen molar-refractivity contribution < 1.29 is 9.53 Å². The predicted octanol–water partition coefficient (Wildman–Crippen LogP) is 1.60. The van der Waals surface area contributed by atoms with Gasteiger partial charge in [-0.15, -0.1) is 12.4 Å². The molecular formula is C15H23Cl2N3O2. The highest BCUT2D eigenvalue weighted by Gasteiger charge is 2.25. The first kappa shape index (κ1) is 19.2. The number of hydrogen-bond donors (Lipinski definition) is 2. The Bertz CT molecular complexity index is 480. The van der Waals surface area contributed by atoms with Crippen LogP contribution in [0.5, 0.6) is 0 Å². The molecule has 0 aromatic heterocycles. The van der Waals surface area contributed by atoms with Crippen LogP contribution < -0.4 is 11.1 Å². The molecule has 7 heteroatoms. The monoisotopic (exact) mass is 347 g/mol. The van der Waals surface area contributed by atoms with Crippen LogP contribution in [0.3, 0.4) is 0 Å². The Morgan fingerprint density at radius 3 is 2.64 bits per heavy atom. The zero-order valence-electron chi connectivity index (χ0n) is 12.6. The van der Waals surface area contributed by atoms with Crippen molar-refractivity contribution in [2.24, 2.45) is 5.73 Å². The molecule has 1 aromatic carbocycles. The van der Waals surface area contributed by atoms with Crippen LogP contribution >= 0.6 is 24.0 Å². The van der Waals surface area contributed by atoms with Gasteiger partial charge in [0.1, 0.15) is 0 Å². The van der Waals surface area contributed by atoms with Crippen molar-refractivity contribution in [3.05, 3.63) is 34.9 Å². The Balaban J connectivity index is 0.00000242. The molecular weight excluding hydrogens is 325 g/mol. The fourth-order valence-corrected chi connectivity index (χ4v) is 2.69. The molecule has 1 heterocycles. The zero-order chi connectivity index (χ0) is 15.2. The van der Waals surface area contributed by atoms with Crippen LogP contribution in [0, 0.1) is 0 Å². The minimum absolute atomic E-state index is 0. The quantitative estimate of drug-likeness (QED) is 0.848. The summed E-state index contributed by atoms with van der Waals surface area (Å²) in [5.74, 6) is -0.152. The first-order valence-corrected chi connectivity index (χ1v) is 7.57. The molecule has 0 radical (unpaired) electrons. The molecule has 2 unspecified atom stereocenters. The Hall–Kier alpha value is -0.850. The summed E-state index contributed by atoms with van der Waals surface area (Å²) in [6, 6.07) is 7.26. The summed E-state index contributed by atoms with van der Waals surface area (Å²) in [7, 11) is 0. The number of ether oxygens (including phenoxy) is 1. The van der Waals surface area contributed by atoms with E-state index in [0.29, 0.717) is 24.8 Å². The molecule has 1 fully saturated rings. The molecule has 0 spiro atoms. The van der Waals surface area contributed by atoms with E-state index in [9.17, 15) is 4.79 Å². The zero-order valence-corrected chi connectivity index (χ0v) is 14.2. The second-order valence-corrected chi connectivity index (χ2v) is 5.63. The lowest BCUT2D eigenvalue weighted by Crippen LogP contribution is -2.46. The lowest BCUT2D eigenvalue weighted by atomic mass is 10.0. The molecule has 3 N–H and O–H groups in total. The molecule has 1 amide bonds. The van der Waals surface area contributed by atoms with E-state index in [2.05, 4.69) is 10.2 Å². The van der Waals surface area contributed by atoms with Crippen molar-refractivity contribution in [3.63, 3.8) is 0 Å². The number of rotatable bonds is 5. The molecule has 2 rings (SSSR count). The number of hydrogen-bond acceptors (Lipinski definition) is 4. The Morgan fingerprint density at radius 2 is 2.05 bits per heavy atom. The van der Waals surface area contributed by atoms with E-state index in [1.54, 1.807) is 6.92 Å². The SMILES string of the molecule is CC(N)C(=O)NCC(c1ccccc1Cl)N1CCOCC1.Cl. The van der Waals surface area contributed by atoms with Crippen LogP contribution in [0.4, 0.5) is 0 Å². The van der Waals surface area contributed by atoms with Crippen LogP contribution in [0.2, 0.25) is 5.02 Å². The predicted molar refractivity (Wildman–Crippen MR) is 90.5 cm³/mol. The maximum Gasteiger partial charge on any atom is 0.236 e. The van der Waals surface area contributed by atoms with E-state index in [-0.39, 0.29) is 24.4 Å². The number of carbonyl (C=O) groups is 1. The van der Waals surface area contributed by atoms with E-state index in [4.69, 9.17) is 22.1 Å². The maximum absolute atomic E-state index is 11.7. The van der Waals surface area contributed by atoms with Gasteiger partial charge < -0.3 is 15.8 Å². The van der Waals surface area contributed by atoms with Crippen molar-refractivity contribution in [1.29, 1.82) is 0 Å². The van der Waals surface area contributed by atoms with Gasteiger partial charge in [-0.25, -0.2) is 0 Å². The van der Waals surface area contributed by atoms with E-state index < -0.39 is 6.04 Å². The third-order valence-corrected chi connectivity index (χ3v) is 3.98. The van der Waals surface area contributed by atoms with Gasteiger partial charge in [0.25, 0.3) is 0 Å². The average Bonchev–Trinajstić information content (AvgIpc) is 2.50. The van der Waals surface area contributed by atoms with Gasteiger partial charge >= 0.3 is 0 Å². The molecule has 22 heavy (non-hydrogen) atoms. The van der Waals surface area contributed by atoms with Crippen LogP contribution in [0.15, 0.2) is 24.3 Å². The summed E-state index contributed by atoms with van der Waals surface area (Å²) in [6.45, 7) is 5.21. The molecule has 124 valence electrons. The van der Waals surface area contributed by atoms with Crippen LogP contribution in [0.1, 0.15) is 18.5 Å². The number of halogens is 2. The fraction of sp³-hybridized carbons (Fsp3) is 0.533. The van der Waals surface area contributed by atoms with Gasteiger partial charge in [0.2, 0.25) is 5.91 Å². The summed E-state index contributed by atoms with van der Waals surface area (Å²) in [5.41, 5.74) is 6.62. The fourth-order valence-electron chi connectivity index (χ4n) is 2.43. The molecule has 1 aliphatic heterocycles. The number of morpholine rings is 1. The average molecular weight is 348 g/mol. The highest BCUT2D eigenvalue weighted by atomic mass is 35.5. The summed E-state index contributed by atoms with van der Waals surface area (Å²) >= 11 is 6.32. The van der Waals surface area contributed by atoms with Gasteiger partial charge in [0.15, 0.2) is 0 Å². The standard InChI is InChI=1S/C15H22ClN3O2.ClH/c1-11(17)15(20)18-10-14(19-6-8-21-9-7-19)12-4-2-3-5-13(12)16;/h2-5,11,14H,6-10,17H2,1H3,(H,18,20);1H. The first-order valence-electron chi connectivity index (χ1n) is 7.19. The second kappa shape index (κ2) is 9.33. The minimum atomic E-state index is -0.512. The normalized spacial score (nSPS) is 18.1. The van der Waals surface area contributed by atoms with Crippen molar-refractivity contribution >= 4 is 29.9 Å². The van der Waals surface area contributed by atoms with Crippen LogP contribution in [-0.2, 0) is 9.53 Å². The third-order valence-electron chi connectivity index (χ3n) is 3.63. The molecule has 0 aliphatic carbocycles. The first-order chi connectivity index (χ1) is 10.1. The van der Waals surface area contributed by atoms with E-state index in [1.165, 1.54) is 0 Å². The molecule has 2 atom stereocenters. The van der Waals surface area contributed by atoms with Crippen molar-refractivity contribution in [2.45, 2.75) is 19.0 Å². The highest BCUT2D eigenvalue weighted by Crippen LogP contribution is 2.27. The van der Waals surface area contributed by atoms with E-state index in [1.807, 2.05) is 24.3 Å². The Morgan fingerprint density at radius 1 is 1.41 bits per heavy atom. The van der Waals surface area contributed by atoms with Crippen LogP contribution in [-0.4, -0.2) is 49.7 Å². The maximum atomic E-state index is 11.7. The summed E-state index contributed by atoms with van der Waals surface area (Å²) in [5, 5.41) is 3.61. The number of nitrogens with two attached hydrogens (primary N) is 1. The molecule has 0 saturated carbocycles. The van der Waals surface area contributed by atoms with Gasteiger partial charge in [0.05, 0.1) is 25.3 Å². The number of nitrogens with zero attached hydrogens (tertiary/aromatic N) is 1. The van der Waals surface area contributed by atoms with Crippen molar-refractivity contribution in [2.75, 3.05) is 32.8 Å². The molecule has 1 saturated heterocycles. The van der Waals surface area contributed by atoms with Gasteiger partial charge in [-0.05, 0) is 18.6 Å². The van der Waals surface area contributed by atoms with Gasteiger partial charge in [-0.2, -0.15) is 0 Å². The molecule has 1 aliphatic rings. The molecule has 5 nitrogen and oxygen atoms in total.